The van der Waals surface area contributed by atoms with Crippen molar-refractivity contribution in [3.63, 3.8) is 0 Å². The molecule has 0 amide bonds. The maximum atomic E-state index is 13.2. The van der Waals surface area contributed by atoms with Crippen LogP contribution in [0.5, 0.6) is 0 Å². The summed E-state index contributed by atoms with van der Waals surface area (Å²) in [5.41, 5.74) is -2.31. The van der Waals surface area contributed by atoms with E-state index in [1.165, 1.54) is 47.0 Å². The van der Waals surface area contributed by atoms with E-state index in [1.54, 1.807) is 27.7 Å². The molecule has 0 aliphatic heterocycles. The minimum atomic E-state index is -4.43. The van der Waals surface area contributed by atoms with Crippen molar-refractivity contribution >= 4 is 11.9 Å². The van der Waals surface area contributed by atoms with Gasteiger partial charge in [0, 0.05) is 0 Å². The third-order valence-corrected chi connectivity index (χ3v) is 7.05. The summed E-state index contributed by atoms with van der Waals surface area (Å²) >= 11 is 0. The van der Waals surface area contributed by atoms with Gasteiger partial charge in [0.2, 0.25) is 0 Å². The summed E-state index contributed by atoms with van der Waals surface area (Å²) in [5.74, 6) is -7.42. The number of carbonyl (C=O) groups excluding carboxylic acids is 1. The van der Waals surface area contributed by atoms with Gasteiger partial charge in [-0.3, -0.25) is 9.59 Å². The SMILES string of the molecule is C=CC(C)(C)[C@H](C[C@H](C(=O)O)C(C)C)C(F)(F)F.C=CC(C)(C)[C@H](C[C@H](C(=O)OC)C(C)C)C(F)(F)F.[Li+].[OH-]. The van der Waals surface area contributed by atoms with Crippen LogP contribution < -0.4 is 18.9 Å². The number of alkyl halides is 6. The number of methoxy groups -OCH3 is 1. The first-order chi connectivity index (χ1) is 16.4. The van der Waals surface area contributed by atoms with E-state index in [2.05, 4.69) is 17.9 Å². The van der Waals surface area contributed by atoms with E-state index in [-0.39, 0.29) is 42.6 Å². The Morgan fingerprint density at radius 3 is 1.23 bits per heavy atom. The molecule has 0 rings (SSSR count). The molecule has 0 radical (unpaired) electrons. The molecule has 0 unspecified atom stereocenters. The quantitative estimate of drug-likeness (QED) is 0.151. The number of carbonyl (C=O) groups is 2. The first-order valence-corrected chi connectivity index (χ1v) is 12.1. The van der Waals surface area contributed by atoms with Crippen molar-refractivity contribution in [2.24, 2.45) is 46.3 Å². The fourth-order valence-corrected chi connectivity index (χ4v) is 3.96. The molecule has 0 aromatic rings. The topological polar surface area (TPSA) is 93.6 Å². The fraction of sp³-hybridized carbons (Fsp3) is 0.778. The molecule has 0 aliphatic rings. The first kappa shape index (κ1) is 44.6. The van der Waals surface area contributed by atoms with Crippen molar-refractivity contribution in [1.29, 1.82) is 0 Å². The zero-order valence-electron chi connectivity index (χ0n) is 24.8. The number of hydrogen-bond donors (Lipinski definition) is 1. The summed E-state index contributed by atoms with van der Waals surface area (Å²) in [4.78, 5) is 22.6. The average molecular weight is 571 g/mol. The van der Waals surface area contributed by atoms with Crippen molar-refractivity contribution in [2.45, 2.75) is 80.6 Å². The Bertz CT molecular complexity index is 761. The minimum Gasteiger partial charge on any atom is -0.870 e. The number of allylic oxidation sites excluding steroid dienone is 2. The van der Waals surface area contributed by atoms with Crippen molar-refractivity contribution in [3.05, 3.63) is 25.3 Å². The standard InChI is InChI=1S/C14H23F3O2.C13H21F3O2.Li.H2O/c1-7-13(4,5)11(14(15,16)17)8-10(9(2)3)12(18)19-6;1-6-12(4,5)10(13(14,15)16)7-9(8(2)3)11(17)18;;/h7,9-11H,1,8H2,2-6H3;6,8-10H,1,7H2,2-5H3,(H,17,18);;1H2/q;;+1;/p-1/t10-,11-;9-,10-;;/m00../s1. The van der Waals surface area contributed by atoms with Gasteiger partial charge in [-0.1, -0.05) is 67.5 Å². The fourth-order valence-electron chi connectivity index (χ4n) is 3.96. The van der Waals surface area contributed by atoms with Gasteiger partial charge in [-0.05, 0) is 35.5 Å². The first-order valence-electron chi connectivity index (χ1n) is 12.1. The van der Waals surface area contributed by atoms with E-state index >= 15 is 0 Å². The van der Waals surface area contributed by atoms with Crippen LogP contribution in [-0.4, -0.2) is 42.0 Å². The van der Waals surface area contributed by atoms with Crippen LogP contribution in [0.3, 0.4) is 0 Å². The number of halogens is 6. The second-order valence-electron chi connectivity index (χ2n) is 11.3. The normalized spacial score (nSPS) is 15.4. The largest absolute Gasteiger partial charge is 1.00 e. The summed E-state index contributed by atoms with van der Waals surface area (Å²) in [6.07, 6.45) is -6.98. The van der Waals surface area contributed by atoms with E-state index in [0.717, 1.165) is 0 Å². The number of rotatable bonds is 12. The molecule has 4 atom stereocenters. The third-order valence-electron chi connectivity index (χ3n) is 7.05. The van der Waals surface area contributed by atoms with Gasteiger partial charge < -0.3 is 15.3 Å². The van der Waals surface area contributed by atoms with Gasteiger partial charge >= 0.3 is 43.2 Å². The third kappa shape index (κ3) is 14.7. The summed E-state index contributed by atoms with van der Waals surface area (Å²) in [5, 5.41) is 9.00. The Morgan fingerprint density at radius 1 is 0.769 bits per heavy atom. The second-order valence-corrected chi connectivity index (χ2v) is 11.3. The molecule has 0 heterocycles. The number of carboxylic acid groups (broad SMARTS) is 1. The molecule has 0 spiro atoms. The molecule has 0 bridgehead atoms. The van der Waals surface area contributed by atoms with E-state index in [1.807, 2.05) is 0 Å². The van der Waals surface area contributed by atoms with Gasteiger partial charge in [0.15, 0.2) is 0 Å². The molecular weight excluding hydrogens is 525 g/mol. The molecule has 0 aromatic carbocycles. The zero-order valence-corrected chi connectivity index (χ0v) is 24.8. The van der Waals surface area contributed by atoms with Crippen LogP contribution in [-0.2, 0) is 14.3 Å². The summed E-state index contributed by atoms with van der Waals surface area (Å²) in [6.45, 7) is 19.4. The van der Waals surface area contributed by atoms with Crippen LogP contribution in [0.25, 0.3) is 0 Å². The summed E-state index contributed by atoms with van der Waals surface area (Å²) < 4.78 is 83.3. The molecule has 0 aliphatic carbocycles. The molecular formula is C27H45F6LiO5. The Kier molecular flexibility index (Phi) is 19.9. The van der Waals surface area contributed by atoms with Gasteiger partial charge in [-0.25, -0.2) is 0 Å². The van der Waals surface area contributed by atoms with Crippen molar-refractivity contribution < 1.29 is 70.1 Å². The maximum Gasteiger partial charge on any atom is 1.00 e. The van der Waals surface area contributed by atoms with Crippen LogP contribution in [0.15, 0.2) is 25.3 Å². The van der Waals surface area contributed by atoms with Gasteiger partial charge in [-0.2, -0.15) is 26.3 Å². The van der Waals surface area contributed by atoms with Crippen LogP contribution in [0.4, 0.5) is 26.3 Å². The molecule has 2 N–H and O–H groups in total. The number of carboxylic acids is 1. The second kappa shape index (κ2) is 17.4. The van der Waals surface area contributed by atoms with Crippen LogP contribution in [0.2, 0.25) is 0 Å². The molecule has 0 aromatic heterocycles. The molecule has 12 heteroatoms. The molecule has 39 heavy (non-hydrogen) atoms. The van der Waals surface area contributed by atoms with Gasteiger partial charge in [0.05, 0.1) is 30.8 Å². The number of hydrogen-bond acceptors (Lipinski definition) is 4. The van der Waals surface area contributed by atoms with Crippen LogP contribution in [0, 0.1) is 46.3 Å². The Balaban J connectivity index is -0.000000299. The number of esters is 1. The Hall–Kier alpha value is -1.44. The Morgan fingerprint density at radius 2 is 1.05 bits per heavy atom. The van der Waals surface area contributed by atoms with E-state index in [9.17, 15) is 35.9 Å². The molecule has 226 valence electrons. The van der Waals surface area contributed by atoms with E-state index in [4.69, 9.17) is 5.11 Å². The number of ether oxygens (including phenoxy) is 1. The summed E-state index contributed by atoms with van der Waals surface area (Å²) in [6, 6.07) is 0. The van der Waals surface area contributed by atoms with Crippen molar-refractivity contribution in [2.75, 3.05) is 7.11 Å². The molecule has 0 saturated carbocycles. The molecule has 0 saturated heterocycles. The maximum absolute atomic E-state index is 13.2. The van der Waals surface area contributed by atoms with Crippen molar-refractivity contribution in [1.82, 2.24) is 0 Å². The minimum absolute atomic E-state index is 0. The zero-order chi connectivity index (χ0) is 30.2. The summed E-state index contributed by atoms with van der Waals surface area (Å²) in [7, 11) is 1.19. The smallest absolute Gasteiger partial charge is 0.870 e. The van der Waals surface area contributed by atoms with Gasteiger partial charge in [-0.15, -0.1) is 13.2 Å². The van der Waals surface area contributed by atoms with Gasteiger partial charge in [0.25, 0.3) is 0 Å². The van der Waals surface area contributed by atoms with Crippen LogP contribution >= 0.6 is 0 Å². The monoisotopic (exact) mass is 570 g/mol. The van der Waals surface area contributed by atoms with Crippen molar-refractivity contribution in [3.8, 4) is 0 Å². The van der Waals surface area contributed by atoms with Gasteiger partial charge in [0.1, 0.15) is 0 Å². The van der Waals surface area contributed by atoms with Crippen LogP contribution in [0.1, 0.15) is 68.2 Å². The predicted molar refractivity (Wildman–Crippen MR) is 135 cm³/mol. The predicted octanol–water partition coefficient (Wildman–Crippen LogP) is 5.16. The number of aliphatic carboxylic acids is 1. The average Bonchev–Trinajstić information content (AvgIpc) is 2.71. The molecule has 0 fully saturated rings. The Labute approximate surface area is 241 Å². The molecule has 5 nitrogen and oxygen atoms in total. The van der Waals surface area contributed by atoms with E-state index < -0.39 is 65.2 Å². The van der Waals surface area contributed by atoms with E-state index in [0.29, 0.717) is 0 Å².